The molecule has 22 heavy (non-hydrogen) atoms. The van der Waals surface area contributed by atoms with Crippen molar-refractivity contribution in [2.45, 2.75) is 63.2 Å². The predicted molar refractivity (Wildman–Crippen MR) is 80.0 cm³/mol. The molecule has 0 aromatic heterocycles. The third-order valence-corrected chi connectivity index (χ3v) is 4.77. The van der Waals surface area contributed by atoms with E-state index in [1.54, 1.807) is 0 Å². The van der Waals surface area contributed by atoms with Crippen LogP contribution in [0.3, 0.4) is 0 Å². The molecular weight excluding hydrogens is 284 g/mol. The molecule has 3 rings (SSSR count). The summed E-state index contributed by atoms with van der Waals surface area (Å²) in [5, 5.41) is 15.4. The first-order valence-electron chi connectivity index (χ1n) is 8.49. The quantitative estimate of drug-likeness (QED) is 0.633. The molecule has 3 aliphatic rings. The minimum atomic E-state index is -0.405. The van der Waals surface area contributed by atoms with Crippen LogP contribution in [0.4, 0.5) is 0 Å². The van der Waals surface area contributed by atoms with Crippen molar-refractivity contribution in [3.05, 3.63) is 0 Å². The van der Waals surface area contributed by atoms with Gasteiger partial charge < -0.3 is 20.5 Å². The Bertz CT molecular complexity index is 420. The van der Waals surface area contributed by atoms with Crippen LogP contribution >= 0.6 is 0 Å². The van der Waals surface area contributed by atoms with E-state index in [-0.39, 0.29) is 36.5 Å². The molecule has 0 spiro atoms. The van der Waals surface area contributed by atoms with Crippen LogP contribution in [-0.4, -0.2) is 48.3 Å². The maximum atomic E-state index is 11.9. The summed E-state index contributed by atoms with van der Waals surface area (Å²) in [5.74, 6) is 0.926. The lowest BCUT2D eigenvalue weighted by Gasteiger charge is -2.36. The van der Waals surface area contributed by atoms with Crippen molar-refractivity contribution in [1.82, 2.24) is 10.6 Å². The number of carbonyl (C=O) groups is 2. The van der Waals surface area contributed by atoms with Crippen LogP contribution < -0.4 is 10.6 Å². The molecule has 2 aliphatic carbocycles. The average Bonchev–Trinajstić information content (AvgIpc) is 3.40. The highest BCUT2D eigenvalue weighted by Gasteiger charge is 2.36. The van der Waals surface area contributed by atoms with E-state index in [1.807, 2.05) is 0 Å². The van der Waals surface area contributed by atoms with E-state index in [1.165, 1.54) is 12.8 Å². The standard InChI is InChI=1S/C16H26N2O4/c19-9-14-13(18-16(21)11-3-4-11)6-5-12(22-14)7-15(20)17-8-10-1-2-10/h10-14,19H,1-9H2,(H,17,20)(H,18,21)/t12-,13+,14-/m0/s1. The second kappa shape index (κ2) is 6.96. The summed E-state index contributed by atoms with van der Waals surface area (Å²) in [4.78, 5) is 23.7. The lowest BCUT2D eigenvalue weighted by atomic mass is 9.96. The van der Waals surface area contributed by atoms with E-state index >= 15 is 0 Å². The second-order valence-electron chi connectivity index (χ2n) is 6.90. The Morgan fingerprint density at radius 1 is 1.09 bits per heavy atom. The Morgan fingerprint density at radius 2 is 1.86 bits per heavy atom. The molecule has 6 heteroatoms. The number of carbonyl (C=O) groups excluding carboxylic acids is 2. The van der Waals surface area contributed by atoms with Crippen molar-refractivity contribution < 1.29 is 19.4 Å². The molecule has 1 saturated heterocycles. The summed E-state index contributed by atoms with van der Waals surface area (Å²) in [6.45, 7) is 0.644. The summed E-state index contributed by atoms with van der Waals surface area (Å²) in [5.41, 5.74) is 0. The Labute approximate surface area is 131 Å². The molecule has 3 N–H and O–H groups in total. The molecule has 1 aliphatic heterocycles. The highest BCUT2D eigenvalue weighted by Crippen LogP contribution is 2.30. The number of amides is 2. The van der Waals surface area contributed by atoms with Crippen molar-refractivity contribution in [3.63, 3.8) is 0 Å². The zero-order valence-corrected chi connectivity index (χ0v) is 12.9. The van der Waals surface area contributed by atoms with Gasteiger partial charge in [0.1, 0.15) is 6.10 Å². The molecule has 2 amide bonds. The monoisotopic (exact) mass is 310 g/mol. The summed E-state index contributed by atoms with van der Waals surface area (Å²) >= 11 is 0. The fourth-order valence-electron chi connectivity index (χ4n) is 2.95. The van der Waals surface area contributed by atoms with E-state index in [0.717, 1.165) is 32.2 Å². The zero-order chi connectivity index (χ0) is 15.5. The number of aliphatic hydroxyl groups excluding tert-OH is 1. The van der Waals surface area contributed by atoms with Gasteiger partial charge in [-0.15, -0.1) is 0 Å². The first-order chi connectivity index (χ1) is 10.7. The third-order valence-electron chi connectivity index (χ3n) is 4.77. The number of ether oxygens (including phenoxy) is 1. The van der Waals surface area contributed by atoms with E-state index in [4.69, 9.17) is 4.74 Å². The topological polar surface area (TPSA) is 87.7 Å². The van der Waals surface area contributed by atoms with Crippen LogP contribution in [0.5, 0.6) is 0 Å². The fourth-order valence-corrected chi connectivity index (χ4v) is 2.95. The normalized spacial score (nSPS) is 31.6. The lowest BCUT2D eigenvalue weighted by Crippen LogP contribution is -2.51. The first-order valence-corrected chi connectivity index (χ1v) is 8.49. The maximum absolute atomic E-state index is 11.9. The van der Waals surface area contributed by atoms with Gasteiger partial charge >= 0.3 is 0 Å². The van der Waals surface area contributed by atoms with Crippen molar-refractivity contribution in [1.29, 1.82) is 0 Å². The van der Waals surface area contributed by atoms with Crippen LogP contribution in [-0.2, 0) is 14.3 Å². The molecule has 2 saturated carbocycles. The molecule has 0 aromatic rings. The van der Waals surface area contributed by atoms with Gasteiger partial charge in [0.05, 0.1) is 25.2 Å². The van der Waals surface area contributed by atoms with E-state index in [2.05, 4.69) is 10.6 Å². The molecule has 0 unspecified atom stereocenters. The summed E-state index contributed by atoms with van der Waals surface area (Å²) in [6.07, 6.45) is 5.63. The van der Waals surface area contributed by atoms with Gasteiger partial charge in [0.15, 0.2) is 0 Å². The molecular formula is C16H26N2O4. The molecule has 6 nitrogen and oxygen atoms in total. The summed E-state index contributed by atoms with van der Waals surface area (Å²) in [7, 11) is 0. The minimum absolute atomic E-state index is 0.0223. The van der Waals surface area contributed by atoms with Crippen LogP contribution in [0.2, 0.25) is 0 Å². The largest absolute Gasteiger partial charge is 0.394 e. The Hall–Kier alpha value is -1.14. The second-order valence-corrected chi connectivity index (χ2v) is 6.90. The van der Waals surface area contributed by atoms with Crippen molar-refractivity contribution >= 4 is 11.8 Å². The van der Waals surface area contributed by atoms with Gasteiger partial charge in [-0.25, -0.2) is 0 Å². The maximum Gasteiger partial charge on any atom is 0.223 e. The van der Waals surface area contributed by atoms with Crippen LogP contribution in [0.15, 0.2) is 0 Å². The van der Waals surface area contributed by atoms with Gasteiger partial charge in [0.2, 0.25) is 11.8 Å². The third kappa shape index (κ3) is 4.43. The molecule has 0 aromatic carbocycles. The SMILES string of the molecule is O=C(C[C@@H]1CC[C@@H](NC(=O)C2CC2)[C@H](CO)O1)NCC1CC1. The van der Waals surface area contributed by atoms with E-state index in [9.17, 15) is 14.7 Å². The lowest BCUT2D eigenvalue weighted by molar-refractivity contribution is -0.136. The predicted octanol–water partition coefficient (Wildman–Crippen LogP) is 0.337. The minimum Gasteiger partial charge on any atom is -0.394 e. The average molecular weight is 310 g/mol. The number of nitrogens with one attached hydrogen (secondary N) is 2. The van der Waals surface area contributed by atoms with Crippen molar-refractivity contribution in [3.8, 4) is 0 Å². The van der Waals surface area contributed by atoms with Gasteiger partial charge in [-0.1, -0.05) is 0 Å². The van der Waals surface area contributed by atoms with Gasteiger partial charge in [-0.3, -0.25) is 9.59 Å². The molecule has 0 radical (unpaired) electrons. The molecule has 3 fully saturated rings. The van der Waals surface area contributed by atoms with Gasteiger partial charge in [-0.05, 0) is 44.4 Å². The highest BCUT2D eigenvalue weighted by molar-refractivity contribution is 5.81. The molecule has 124 valence electrons. The summed E-state index contributed by atoms with van der Waals surface area (Å²) < 4.78 is 5.82. The van der Waals surface area contributed by atoms with E-state index in [0.29, 0.717) is 12.3 Å². The molecule has 0 bridgehead atoms. The van der Waals surface area contributed by atoms with Crippen LogP contribution in [0, 0.1) is 11.8 Å². The summed E-state index contributed by atoms with van der Waals surface area (Å²) in [6, 6.07) is -0.135. The number of hydrogen-bond donors (Lipinski definition) is 3. The smallest absolute Gasteiger partial charge is 0.223 e. The zero-order valence-electron chi connectivity index (χ0n) is 12.9. The molecule has 1 heterocycles. The van der Waals surface area contributed by atoms with Crippen LogP contribution in [0.25, 0.3) is 0 Å². The Morgan fingerprint density at radius 3 is 2.50 bits per heavy atom. The van der Waals surface area contributed by atoms with E-state index < -0.39 is 6.10 Å². The van der Waals surface area contributed by atoms with Crippen LogP contribution in [0.1, 0.15) is 44.9 Å². The first kappa shape index (κ1) is 15.7. The number of hydrogen-bond acceptors (Lipinski definition) is 4. The van der Waals surface area contributed by atoms with Gasteiger partial charge in [-0.2, -0.15) is 0 Å². The van der Waals surface area contributed by atoms with Crippen molar-refractivity contribution in [2.75, 3.05) is 13.2 Å². The van der Waals surface area contributed by atoms with Gasteiger partial charge in [0, 0.05) is 12.5 Å². The van der Waals surface area contributed by atoms with Crippen molar-refractivity contribution in [2.24, 2.45) is 11.8 Å². The Balaban J connectivity index is 1.41. The number of rotatable bonds is 7. The highest BCUT2D eigenvalue weighted by atomic mass is 16.5. The molecule has 3 atom stereocenters. The number of aliphatic hydroxyl groups is 1. The Kier molecular flexibility index (Phi) is 4.98. The fraction of sp³-hybridized carbons (Fsp3) is 0.875. The van der Waals surface area contributed by atoms with Gasteiger partial charge in [0.25, 0.3) is 0 Å².